The Labute approximate surface area is 82.9 Å². The van der Waals surface area contributed by atoms with Crippen LogP contribution in [-0.2, 0) is 0 Å². The molecular weight excluding hydrogens is 178 g/mol. The second-order valence-electron chi connectivity index (χ2n) is 2.98. The zero-order valence-corrected chi connectivity index (χ0v) is 8.03. The molecule has 0 saturated heterocycles. The summed E-state index contributed by atoms with van der Waals surface area (Å²) in [6.07, 6.45) is 3.47. The van der Waals surface area contributed by atoms with Crippen molar-refractivity contribution in [3.05, 3.63) is 41.0 Å². The molecule has 0 aromatic heterocycles. The fourth-order valence-electron chi connectivity index (χ4n) is 1.32. The molecule has 0 atom stereocenters. The van der Waals surface area contributed by atoms with Gasteiger partial charge in [0.15, 0.2) is 0 Å². The predicted molar refractivity (Wildman–Crippen MR) is 56.2 cm³/mol. The molecular formula is C11H13NO2. The van der Waals surface area contributed by atoms with Gasteiger partial charge in [0.25, 0.3) is 0 Å². The van der Waals surface area contributed by atoms with E-state index in [1.165, 1.54) is 0 Å². The second-order valence-corrected chi connectivity index (χ2v) is 2.98. The summed E-state index contributed by atoms with van der Waals surface area (Å²) in [5, 5.41) is 8.98. The number of carboxylic acid groups (broad SMARTS) is 1. The lowest BCUT2D eigenvalue weighted by atomic mass is 10.0. The monoisotopic (exact) mass is 191 g/mol. The topological polar surface area (TPSA) is 63.3 Å². The van der Waals surface area contributed by atoms with Crippen molar-refractivity contribution < 1.29 is 9.90 Å². The molecule has 3 N–H and O–H groups in total. The molecule has 0 aliphatic rings. The Bertz CT molecular complexity index is 370. The molecule has 0 spiro atoms. The number of carboxylic acids is 1. The van der Waals surface area contributed by atoms with E-state index in [-0.39, 0.29) is 0 Å². The highest BCUT2D eigenvalue weighted by Gasteiger charge is 2.09. The fraction of sp³-hybridized carbons (Fsp3) is 0.182. The molecule has 0 fully saturated rings. The van der Waals surface area contributed by atoms with Crippen LogP contribution < -0.4 is 5.73 Å². The van der Waals surface area contributed by atoms with Crippen LogP contribution in [0.25, 0.3) is 6.08 Å². The molecule has 0 amide bonds. The van der Waals surface area contributed by atoms with Gasteiger partial charge in [-0.1, -0.05) is 30.4 Å². The third-order valence-electron chi connectivity index (χ3n) is 1.95. The Balaban J connectivity index is 3.21. The molecule has 0 heterocycles. The minimum atomic E-state index is -0.903. The maximum atomic E-state index is 10.9. The van der Waals surface area contributed by atoms with Crippen LogP contribution >= 0.6 is 0 Å². The zero-order valence-electron chi connectivity index (χ0n) is 8.03. The third kappa shape index (κ3) is 2.20. The molecule has 0 bridgehead atoms. The molecule has 74 valence electrons. The first-order valence-electron chi connectivity index (χ1n) is 4.36. The maximum Gasteiger partial charge on any atom is 0.336 e. The summed E-state index contributed by atoms with van der Waals surface area (Å²) in [4.78, 5) is 10.9. The van der Waals surface area contributed by atoms with Crippen molar-refractivity contribution in [2.24, 2.45) is 5.73 Å². The highest BCUT2D eigenvalue weighted by atomic mass is 16.4. The smallest absolute Gasteiger partial charge is 0.336 e. The minimum Gasteiger partial charge on any atom is -0.478 e. The van der Waals surface area contributed by atoms with Crippen LogP contribution in [-0.4, -0.2) is 17.6 Å². The van der Waals surface area contributed by atoms with Gasteiger partial charge >= 0.3 is 5.97 Å². The number of nitrogens with two attached hydrogens (primary N) is 1. The Kier molecular flexibility index (Phi) is 3.42. The lowest BCUT2D eigenvalue weighted by Gasteiger charge is -2.04. The molecule has 3 nitrogen and oxygen atoms in total. The van der Waals surface area contributed by atoms with Gasteiger partial charge in [-0.15, -0.1) is 0 Å². The van der Waals surface area contributed by atoms with Crippen LogP contribution in [0.5, 0.6) is 0 Å². The summed E-state index contributed by atoms with van der Waals surface area (Å²) in [5.74, 6) is -0.903. The number of benzene rings is 1. The van der Waals surface area contributed by atoms with E-state index in [0.29, 0.717) is 17.7 Å². The number of aryl methyl sites for hydroxylation is 1. The van der Waals surface area contributed by atoms with Crippen molar-refractivity contribution in [3.8, 4) is 0 Å². The van der Waals surface area contributed by atoms with Crippen LogP contribution in [0.2, 0.25) is 0 Å². The molecule has 0 unspecified atom stereocenters. The molecule has 0 radical (unpaired) electrons. The summed E-state index contributed by atoms with van der Waals surface area (Å²) < 4.78 is 0. The molecule has 3 heteroatoms. The number of rotatable bonds is 3. The number of hydrogen-bond acceptors (Lipinski definition) is 2. The molecule has 0 aliphatic carbocycles. The van der Waals surface area contributed by atoms with Crippen molar-refractivity contribution >= 4 is 12.0 Å². The van der Waals surface area contributed by atoms with Gasteiger partial charge in [-0.3, -0.25) is 0 Å². The molecule has 0 saturated carbocycles. The van der Waals surface area contributed by atoms with E-state index in [1.807, 2.05) is 6.07 Å². The first kappa shape index (κ1) is 10.5. The van der Waals surface area contributed by atoms with Crippen molar-refractivity contribution in [2.45, 2.75) is 6.92 Å². The van der Waals surface area contributed by atoms with E-state index in [1.54, 1.807) is 31.2 Å². The van der Waals surface area contributed by atoms with Crippen molar-refractivity contribution in [3.63, 3.8) is 0 Å². The number of aromatic carboxylic acids is 1. The molecule has 14 heavy (non-hydrogen) atoms. The molecule has 1 rings (SSSR count). The van der Waals surface area contributed by atoms with E-state index in [2.05, 4.69) is 0 Å². The van der Waals surface area contributed by atoms with Crippen LogP contribution in [0, 0.1) is 6.92 Å². The minimum absolute atomic E-state index is 0.345. The van der Waals surface area contributed by atoms with E-state index in [4.69, 9.17) is 10.8 Å². The van der Waals surface area contributed by atoms with Gasteiger partial charge in [0.05, 0.1) is 5.56 Å². The van der Waals surface area contributed by atoms with Crippen molar-refractivity contribution in [1.82, 2.24) is 0 Å². The Hall–Kier alpha value is -1.61. The van der Waals surface area contributed by atoms with Gasteiger partial charge in [0, 0.05) is 6.54 Å². The maximum absolute atomic E-state index is 10.9. The molecule has 0 aliphatic heterocycles. The van der Waals surface area contributed by atoms with Gasteiger partial charge in [0.2, 0.25) is 0 Å². The summed E-state index contributed by atoms with van der Waals surface area (Å²) in [6, 6.07) is 5.38. The highest BCUT2D eigenvalue weighted by Crippen LogP contribution is 2.15. The highest BCUT2D eigenvalue weighted by molar-refractivity contribution is 5.93. The van der Waals surface area contributed by atoms with Crippen LogP contribution in [0.15, 0.2) is 24.3 Å². The Morgan fingerprint density at radius 1 is 1.57 bits per heavy atom. The van der Waals surface area contributed by atoms with Crippen molar-refractivity contribution in [1.29, 1.82) is 0 Å². The summed E-state index contributed by atoms with van der Waals surface area (Å²) in [7, 11) is 0. The average molecular weight is 191 g/mol. The Morgan fingerprint density at radius 3 is 2.86 bits per heavy atom. The summed E-state index contributed by atoms with van der Waals surface area (Å²) in [6.45, 7) is 2.19. The lowest BCUT2D eigenvalue weighted by Crippen LogP contribution is -2.02. The van der Waals surface area contributed by atoms with E-state index in [0.717, 1.165) is 5.56 Å². The van der Waals surface area contributed by atoms with Crippen LogP contribution in [0.1, 0.15) is 21.5 Å². The number of hydrogen-bond donors (Lipinski definition) is 2. The Morgan fingerprint density at radius 2 is 2.29 bits per heavy atom. The number of carbonyl (C=O) groups is 1. The predicted octanol–water partition coefficient (Wildman–Crippen LogP) is 1.67. The van der Waals surface area contributed by atoms with Crippen LogP contribution in [0.3, 0.4) is 0 Å². The summed E-state index contributed by atoms with van der Waals surface area (Å²) >= 11 is 0. The normalized spacial score (nSPS) is 10.7. The van der Waals surface area contributed by atoms with Crippen LogP contribution in [0.4, 0.5) is 0 Å². The lowest BCUT2D eigenvalue weighted by molar-refractivity contribution is 0.0696. The van der Waals surface area contributed by atoms with Crippen molar-refractivity contribution in [2.75, 3.05) is 6.54 Å². The van der Waals surface area contributed by atoms with Gasteiger partial charge in [-0.05, 0) is 18.1 Å². The fourth-order valence-corrected chi connectivity index (χ4v) is 1.32. The molecule has 1 aromatic rings. The zero-order chi connectivity index (χ0) is 10.6. The largest absolute Gasteiger partial charge is 0.478 e. The van der Waals surface area contributed by atoms with Gasteiger partial charge in [-0.2, -0.15) is 0 Å². The van der Waals surface area contributed by atoms with E-state index < -0.39 is 5.97 Å². The average Bonchev–Trinajstić information content (AvgIpc) is 2.14. The van der Waals surface area contributed by atoms with Gasteiger partial charge in [-0.25, -0.2) is 4.79 Å². The SMILES string of the molecule is Cc1cccc(C=CCN)c1C(=O)O. The van der Waals surface area contributed by atoms with Gasteiger partial charge in [0.1, 0.15) is 0 Å². The standard InChI is InChI=1S/C11H13NO2/c1-8-4-2-5-9(6-3-7-12)10(8)11(13)14/h2-6H,7,12H2,1H3,(H,13,14). The first-order valence-corrected chi connectivity index (χ1v) is 4.36. The van der Waals surface area contributed by atoms with E-state index in [9.17, 15) is 4.79 Å². The third-order valence-corrected chi connectivity index (χ3v) is 1.95. The van der Waals surface area contributed by atoms with Gasteiger partial charge < -0.3 is 10.8 Å². The first-order chi connectivity index (χ1) is 6.66. The summed E-state index contributed by atoms with van der Waals surface area (Å²) in [5.41, 5.74) is 7.11. The molecule has 1 aromatic carbocycles. The second kappa shape index (κ2) is 4.58. The van der Waals surface area contributed by atoms with E-state index >= 15 is 0 Å². The quantitative estimate of drug-likeness (QED) is 0.763.